The molecular formula is C21H28NO3+. The Balaban J connectivity index is 1.88. The number of hydrogen-bond acceptors (Lipinski definition) is 3. The third-order valence-corrected chi connectivity index (χ3v) is 6.07. The Labute approximate surface area is 149 Å². The van der Waals surface area contributed by atoms with Crippen molar-refractivity contribution in [3.05, 3.63) is 47.6 Å². The maximum atomic E-state index is 10.1. The van der Waals surface area contributed by atoms with Gasteiger partial charge in [-0.15, -0.1) is 0 Å². The minimum Gasteiger partial charge on any atom is -0.493 e. The zero-order chi connectivity index (χ0) is 17.8. The monoisotopic (exact) mass is 342 g/mol. The Morgan fingerprint density at radius 3 is 3.00 bits per heavy atom. The first-order valence-electron chi connectivity index (χ1n) is 9.09. The molecule has 4 atom stereocenters. The maximum absolute atomic E-state index is 10.1. The minimum absolute atomic E-state index is 0.0195. The second-order valence-corrected chi connectivity index (χ2v) is 8.31. The maximum Gasteiger partial charge on any atom is 0.166 e. The van der Waals surface area contributed by atoms with Crippen molar-refractivity contribution in [2.45, 2.75) is 43.9 Å². The van der Waals surface area contributed by atoms with Gasteiger partial charge in [-0.2, -0.15) is 0 Å². The molecule has 1 aromatic carbocycles. The van der Waals surface area contributed by atoms with E-state index in [4.69, 9.17) is 9.47 Å². The molecule has 1 spiro atoms. The molecule has 134 valence electrons. The number of aliphatic hydroxyl groups is 1. The Morgan fingerprint density at radius 2 is 2.28 bits per heavy atom. The van der Waals surface area contributed by atoms with Gasteiger partial charge in [-0.1, -0.05) is 18.7 Å². The van der Waals surface area contributed by atoms with Crippen molar-refractivity contribution in [3.8, 4) is 11.5 Å². The number of hydrogen-bond donors (Lipinski definition) is 1. The van der Waals surface area contributed by atoms with Crippen molar-refractivity contribution in [2.24, 2.45) is 0 Å². The van der Waals surface area contributed by atoms with E-state index >= 15 is 0 Å². The van der Waals surface area contributed by atoms with Crippen LogP contribution < -0.4 is 9.47 Å². The molecular weight excluding hydrogens is 314 g/mol. The van der Waals surface area contributed by atoms with Crippen molar-refractivity contribution in [3.63, 3.8) is 0 Å². The molecule has 1 aromatic rings. The lowest BCUT2D eigenvalue weighted by Gasteiger charge is -2.37. The van der Waals surface area contributed by atoms with Gasteiger partial charge in [0.25, 0.3) is 0 Å². The fourth-order valence-corrected chi connectivity index (χ4v) is 5.06. The lowest BCUT2D eigenvalue weighted by Crippen LogP contribution is -2.47. The molecule has 2 heterocycles. The van der Waals surface area contributed by atoms with E-state index < -0.39 is 6.10 Å². The lowest BCUT2D eigenvalue weighted by molar-refractivity contribution is -0.918. The highest BCUT2D eigenvalue weighted by Crippen LogP contribution is 2.56. The number of benzene rings is 1. The molecule has 1 aliphatic carbocycles. The Hall–Kier alpha value is -1.78. The van der Waals surface area contributed by atoms with E-state index in [1.165, 1.54) is 16.7 Å². The Bertz CT molecular complexity index is 756. The SMILES string of the molecule is C=C(C)C[N+]1(C)CCC23C=CC(O)C[C@H]2Oc2c(OC)ccc(c23)C1. The summed E-state index contributed by atoms with van der Waals surface area (Å²) < 4.78 is 12.9. The van der Waals surface area contributed by atoms with Gasteiger partial charge in [-0.05, 0) is 24.6 Å². The van der Waals surface area contributed by atoms with E-state index in [9.17, 15) is 5.11 Å². The van der Waals surface area contributed by atoms with Gasteiger partial charge in [0.2, 0.25) is 0 Å². The van der Waals surface area contributed by atoms with Crippen LogP contribution in [-0.2, 0) is 12.0 Å². The highest BCUT2D eigenvalue weighted by molar-refractivity contribution is 5.60. The average molecular weight is 342 g/mol. The van der Waals surface area contributed by atoms with Gasteiger partial charge in [0.15, 0.2) is 11.5 Å². The van der Waals surface area contributed by atoms with Crippen LogP contribution in [0, 0.1) is 0 Å². The van der Waals surface area contributed by atoms with Gasteiger partial charge in [0.1, 0.15) is 12.6 Å². The van der Waals surface area contributed by atoms with Crippen LogP contribution in [0.4, 0.5) is 0 Å². The fourth-order valence-electron chi connectivity index (χ4n) is 5.06. The third-order valence-electron chi connectivity index (χ3n) is 6.07. The summed E-state index contributed by atoms with van der Waals surface area (Å²) in [4.78, 5) is 0. The summed E-state index contributed by atoms with van der Waals surface area (Å²) in [7, 11) is 4.01. The van der Waals surface area contributed by atoms with Crippen LogP contribution in [0.15, 0.2) is 36.4 Å². The zero-order valence-electron chi connectivity index (χ0n) is 15.4. The molecule has 1 N–H and O–H groups in total. The van der Waals surface area contributed by atoms with E-state index in [1.54, 1.807) is 7.11 Å². The van der Waals surface area contributed by atoms with Crippen molar-refractivity contribution < 1.29 is 19.1 Å². The van der Waals surface area contributed by atoms with Crippen LogP contribution in [0.3, 0.4) is 0 Å². The summed E-state index contributed by atoms with van der Waals surface area (Å²) in [6, 6.07) is 4.22. The summed E-state index contributed by atoms with van der Waals surface area (Å²) >= 11 is 0. The van der Waals surface area contributed by atoms with E-state index in [2.05, 4.69) is 32.7 Å². The second-order valence-electron chi connectivity index (χ2n) is 8.31. The van der Waals surface area contributed by atoms with Crippen LogP contribution in [0.25, 0.3) is 0 Å². The fraction of sp³-hybridized carbons (Fsp3) is 0.524. The van der Waals surface area contributed by atoms with Gasteiger partial charge in [0.05, 0.1) is 38.8 Å². The summed E-state index contributed by atoms with van der Waals surface area (Å²) in [6.45, 7) is 9.26. The number of methoxy groups -OCH3 is 1. The van der Waals surface area contributed by atoms with Crippen molar-refractivity contribution in [1.82, 2.24) is 0 Å². The first-order valence-corrected chi connectivity index (χ1v) is 9.09. The number of nitrogens with zero attached hydrogens (tertiary/aromatic N) is 1. The summed E-state index contributed by atoms with van der Waals surface area (Å²) in [6.07, 6.45) is 5.35. The second kappa shape index (κ2) is 5.61. The van der Waals surface area contributed by atoms with Crippen LogP contribution in [-0.4, -0.2) is 49.0 Å². The number of ether oxygens (including phenoxy) is 2. The van der Waals surface area contributed by atoms with E-state index in [0.717, 1.165) is 42.0 Å². The summed E-state index contributed by atoms with van der Waals surface area (Å²) in [5, 5.41) is 10.1. The molecule has 0 radical (unpaired) electrons. The number of quaternary nitrogens is 1. The molecule has 0 bridgehead atoms. The zero-order valence-corrected chi connectivity index (χ0v) is 15.4. The first-order chi connectivity index (χ1) is 11.9. The predicted molar refractivity (Wildman–Crippen MR) is 97.9 cm³/mol. The number of likely N-dealkylation sites (N-methyl/N-ethyl adjacent to an activating group) is 1. The first kappa shape index (κ1) is 16.7. The molecule has 3 unspecified atom stereocenters. The molecule has 0 amide bonds. The van der Waals surface area contributed by atoms with Gasteiger partial charge in [-0.25, -0.2) is 0 Å². The molecule has 4 nitrogen and oxygen atoms in total. The lowest BCUT2D eigenvalue weighted by atomic mass is 9.69. The number of rotatable bonds is 3. The van der Waals surface area contributed by atoms with Gasteiger partial charge in [-0.3, -0.25) is 0 Å². The molecule has 4 rings (SSSR count). The van der Waals surface area contributed by atoms with E-state index in [0.29, 0.717) is 6.42 Å². The van der Waals surface area contributed by atoms with Crippen LogP contribution in [0.1, 0.15) is 30.9 Å². The van der Waals surface area contributed by atoms with E-state index in [1.807, 2.05) is 12.1 Å². The third kappa shape index (κ3) is 2.51. The summed E-state index contributed by atoms with van der Waals surface area (Å²) in [5.41, 5.74) is 3.68. The van der Waals surface area contributed by atoms with Crippen LogP contribution >= 0.6 is 0 Å². The Kier molecular flexibility index (Phi) is 3.74. The average Bonchev–Trinajstić information content (AvgIpc) is 2.81. The van der Waals surface area contributed by atoms with Crippen LogP contribution in [0.2, 0.25) is 0 Å². The van der Waals surface area contributed by atoms with Crippen molar-refractivity contribution in [2.75, 3.05) is 27.2 Å². The van der Waals surface area contributed by atoms with Crippen molar-refractivity contribution >= 4 is 0 Å². The molecule has 3 aliphatic rings. The topological polar surface area (TPSA) is 38.7 Å². The quantitative estimate of drug-likeness (QED) is 0.678. The molecule has 4 heteroatoms. The number of aliphatic hydroxyl groups excluding tert-OH is 1. The Morgan fingerprint density at radius 1 is 1.48 bits per heavy atom. The molecule has 25 heavy (non-hydrogen) atoms. The van der Waals surface area contributed by atoms with Gasteiger partial charge >= 0.3 is 0 Å². The predicted octanol–water partition coefficient (Wildman–Crippen LogP) is 2.94. The van der Waals surface area contributed by atoms with Gasteiger partial charge < -0.3 is 19.1 Å². The molecule has 0 saturated heterocycles. The summed E-state index contributed by atoms with van der Waals surface area (Å²) in [5.74, 6) is 1.68. The highest BCUT2D eigenvalue weighted by Gasteiger charge is 2.54. The molecule has 2 aliphatic heterocycles. The molecule has 0 saturated carbocycles. The molecule has 0 aromatic heterocycles. The smallest absolute Gasteiger partial charge is 0.166 e. The standard InChI is InChI=1S/C21H28NO3/c1-14(2)12-22(3)10-9-21-8-7-16(23)11-18(21)25-20-17(24-4)6-5-15(13-22)19(20)21/h5-8,16,18,23H,1,9-13H2,2-4H3/q+1/t16?,18-,21?,22?/m1/s1. The van der Waals surface area contributed by atoms with Crippen molar-refractivity contribution in [1.29, 1.82) is 0 Å². The van der Waals surface area contributed by atoms with Gasteiger partial charge in [0, 0.05) is 24.0 Å². The normalized spacial score (nSPS) is 35.4. The van der Waals surface area contributed by atoms with E-state index in [-0.39, 0.29) is 11.5 Å². The highest BCUT2D eigenvalue weighted by atomic mass is 16.5. The van der Waals surface area contributed by atoms with Crippen LogP contribution in [0.5, 0.6) is 11.5 Å². The largest absolute Gasteiger partial charge is 0.493 e. The molecule has 0 fully saturated rings. The minimum atomic E-state index is -0.432.